The van der Waals surface area contributed by atoms with Crippen molar-refractivity contribution in [2.75, 3.05) is 0 Å². The van der Waals surface area contributed by atoms with Crippen molar-refractivity contribution in [3.63, 3.8) is 0 Å². The summed E-state index contributed by atoms with van der Waals surface area (Å²) in [5.41, 5.74) is 0. The highest BCUT2D eigenvalue weighted by Gasteiger charge is 2.12. The van der Waals surface area contributed by atoms with Crippen LogP contribution >= 0.6 is 0 Å². The van der Waals surface area contributed by atoms with Gasteiger partial charge < -0.3 is 0 Å². The van der Waals surface area contributed by atoms with E-state index in [-0.39, 0.29) is 0 Å². The van der Waals surface area contributed by atoms with Crippen molar-refractivity contribution in [3.8, 4) is 0 Å². The van der Waals surface area contributed by atoms with Crippen LogP contribution in [0.1, 0.15) is 47.0 Å². The summed E-state index contributed by atoms with van der Waals surface area (Å²) in [5.74, 6) is 1.97. The minimum Gasteiger partial charge on any atom is -0.0651 e. The molecule has 0 heteroatoms. The maximum Gasteiger partial charge on any atom is -0.0443 e. The molecule has 0 nitrogen and oxygen atoms in total. The number of hydrogen-bond donors (Lipinski definition) is 0. The molecular weight excluding hydrogens is 108 g/mol. The summed E-state index contributed by atoms with van der Waals surface area (Å²) in [4.78, 5) is 0. The lowest BCUT2D eigenvalue weighted by atomic mass is 10.2. The second-order valence-corrected chi connectivity index (χ2v) is 3.48. The van der Waals surface area contributed by atoms with Gasteiger partial charge in [0.05, 0.1) is 0 Å². The molecule has 0 atom stereocenters. The van der Waals surface area contributed by atoms with Gasteiger partial charge in [-0.15, -0.1) is 0 Å². The van der Waals surface area contributed by atoms with E-state index in [1.165, 1.54) is 19.3 Å². The third-order valence-electron chi connectivity index (χ3n) is 1.68. The van der Waals surface area contributed by atoms with Gasteiger partial charge in [-0.2, -0.15) is 0 Å². The molecule has 1 saturated carbocycles. The molecule has 0 N–H and O–H groups in total. The Morgan fingerprint density at radius 1 is 1.33 bits per heavy atom. The third-order valence-corrected chi connectivity index (χ3v) is 1.68. The quantitative estimate of drug-likeness (QED) is 0.507. The van der Waals surface area contributed by atoms with Gasteiger partial charge in [0.1, 0.15) is 0 Å². The molecule has 0 radical (unpaired) electrons. The van der Waals surface area contributed by atoms with Crippen LogP contribution in [-0.2, 0) is 0 Å². The van der Waals surface area contributed by atoms with Gasteiger partial charge in [0, 0.05) is 0 Å². The summed E-state index contributed by atoms with van der Waals surface area (Å²) in [6, 6.07) is 0. The highest BCUT2D eigenvalue weighted by atomic mass is 14.2. The lowest BCUT2D eigenvalue weighted by Gasteiger charge is -1.90. The monoisotopic (exact) mass is 128 g/mol. The fourth-order valence-corrected chi connectivity index (χ4v) is 0.167. The normalized spacial score (nSPS) is 17.0. The van der Waals surface area contributed by atoms with E-state index >= 15 is 0 Å². The maximum absolute atomic E-state index is 2.28. The highest BCUT2D eigenvalue weighted by molar-refractivity contribution is 4.65. The van der Waals surface area contributed by atoms with Gasteiger partial charge >= 0.3 is 0 Å². The van der Waals surface area contributed by atoms with Crippen LogP contribution in [0.2, 0.25) is 0 Å². The van der Waals surface area contributed by atoms with Crippen molar-refractivity contribution in [2.45, 2.75) is 47.0 Å². The maximum atomic E-state index is 2.28. The molecule has 56 valence electrons. The number of rotatable bonds is 1. The summed E-state index contributed by atoms with van der Waals surface area (Å²) in [6.07, 6.45) is 4.28. The summed E-state index contributed by atoms with van der Waals surface area (Å²) in [5, 5.41) is 0. The van der Waals surface area contributed by atoms with Gasteiger partial charge in [0.25, 0.3) is 0 Å². The summed E-state index contributed by atoms with van der Waals surface area (Å²) >= 11 is 0. The molecule has 1 rings (SSSR count). The molecule has 0 aromatic rings. The van der Waals surface area contributed by atoms with E-state index in [2.05, 4.69) is 27.7 Å². The standard InChI is InChI=1S/C5H12.C4H8/c1-4-5(2)3;1-4-2-3-4/h5H,4H2,1-3H3;4H,2-3H2,1H3. The van der Waals surface area contributed by atoms with Crippen LogP contribution in [0, 0.1) is 11.8 Å². The zero-order valence-corrected chi connectivity index (χ0v) is 7.28. The second kappa shape index (κ2) is 4.84. The fourth-order valence-electron chi connectivity index (χ4n) is 0.167. The second-order valence-electron chi connectivity index (χ2n) is 3.48. The van der Waals surface area contributed by atoms with Gasteiger partial charge in [-0.05, 0) is 11.8 Å². The lowest BCUT2D eigenvalue weighted by molar-refractivity contribution is 0.626. The van der Waals surface area contributed by atoms with Crippen LogP contribution in [0.15, 0.2) is 0 Å². The van der Waals surface area contributed by atoms with E-state index in [0.29, 0.717) is 0 Å². The zero-order chi connectivity index (χ0) is 7.28. The van der Waals surface area contributed by atoms with Crippen molar-refractivity contribution in [2.24, 2.45) is 11.8 Å². The largest absolute Gasteiger partial charge is 0.0651 e. The van der Waals surface area contributed by atoms with Gasteiger partial charge in [-0.25, -0.2) is 0 Å². The summed E-state index contributed by atoms with van der Waals surface area (Å²) in [6.45, 7) is 8.92. The first-order valence-electron chi connectivity index (χ1n) is 4.16. The van der Waals surface area contributed by atoms with E-state index in [9.17, 15) is 0 Å². The van der Waals surface area contributed by atoms with Gasteiger partial charge in [0.2, 0.25) is 0 Å². The molecule has 0 aromatic carbocycles. The molecule has 0 heterocycles. The average Bonchev–Trinajstić information content (AvgIpc) is 2.53. The van der Waals surface area contributed by atoms with Crippen molar-refractivity contribution in [1.82, 2.24) is 0 Å². The first kappa shape index (κ1) is 9.00. The van der Waals surface area contributed by atoms with E-state index in [4.69, 9.17) is 0 Å². The van der Waals surface area contributed by atoms with Crippen LogP contribution in [0.5, 0.6) is 0 Å². The topological polar surface area (TPSA) is 0 Å². The van der Waals surface area contributed by atoms with Crippen LogP contribution in [0.25, 0.3) is 0 Å². The molecule has 0 spiro atoms. The van der Waals surface area contributed by atoms with E-state index < -0.39 is 0 Å². The highest BCUT2D eigenvalue weighted by Crippen LogP contribution is 2.26. The molecule has 0 aliphatic heterocycles. The fraction of sp³-hybridized carbons (Fsp3) is 1.00. The van der Waals surface area contributed by atoms with E-state index in [0.717, 1.165) is 11.8 Å². The predicted molar refractivity (Wildman–Crippen MR) is 43.5 cm³/mol. The van der Waals surface area contributed by atoms with Crippen LogP contribution in [-0.4, -0.2) is 0 Å². The smallest absolute Gasteiger partial charge is 0.0443 e. The molecule has 1 aliphatic carbocycles. The first-order valence-corrected chi connectivity index (χ1v) is 4.16. The average molecular weight is 128 g/mol. The zero-order valence-electron chi connectivity index (χ0n) is 7.28. The number of hydrogen-bond acceptors (Lipinski definition) is 0. The molecular formula is C9H20. The van der Waals surface area contributed by atoms with Gasteiger partial charge in [-0.1, -0.05) is 47.0 Å². The van der Waals surface area contributed by atoms with Gasteiger partial charge in [0.15, 0.2) is 0 Å². The molecule has 0 unspecified atom stereocenters. The summed E-state index contributed by atoms with van der Waals surface area (Å²) in [7, 11) is 0. The Kier molecular flexibility index (Phi) is 4.84. The van der Waals surface area contributed by atoms with Crippen LogP contribution in [0.3, 0.4) is 0 Å². The lowest BCUT2D eigenvalue weighted by Crippen LogP contribution is -1.77. The van der Waals surface area contributed by atoms with Crippen molar-refractivity contribution >= 4 is 0 Å². The Bertz CT molecular complexity index is 51.1. The Balaban J connectivity index is 0.000000144. The van der Waals surface area contributed by atoms with Crippen LogP contribution in [0.4, 0.5) is 0 Å². The Labute approximate surface area is 59.7 Å². The molecule has 0 amide bonds. The molecule has 1 fully saturated rings. The van der Waals surface area contributed by atoms with Crippen molar-refractivity contribution < 1.29 is 0 Å². The summed E-state index contributed by atoms with van der Waals surface area (Å²) < 4.78 is 0. The minimum atomic E-state index is 0.884. The Hall–Kier alpha value is 0. The first-order chi connectivity index (χ1) is 4.16. The van der Waals surface area contributed by atoms with Crippen molar-refractivity contribution in [1.29, 1.82) is 0 Å². The van der Waals surface area contributed by atoms with E-state index in [1.54, 1.807) is 0 Å². The molecule has 0 saturated heterocycles. The molecule has 0 bridgehead atoms. The predicted octanol–water partition coefficient (Wildman–Crippen LogP) is 3.47. The third kappa shape index (κ3) is 11.5. The molecule has 0 aromatic heterocycles. The Morgan fingerprint density at radius 3 is 1.56 bits per heavy atom. The van der Waals surface area contributed by atoms with Gasteiger partial charge in [-0.3, -0.25) is 0 Å². The van der Waals surface area contributed by atoms with Crippen LogP contribution < -0.4 is 0 Å². The van der Waals surface area contributed by atoms with E-state index in [1.807, 2.05) is 0 Å². The molecule has 9 heavy (non-hydrogen) atoms. The molecule has 1 aliphatic rings. The minimum absolute atomic E-state index is 0.884. The Morgan fingerprint density at radius 2 is 1.56 bits per heavy atom. The SMILES string of the molecule is CC1CC1.CCC(C)C. The van der Waals surface area contributed by atoms with Crippen molar-refractivity contribution in [3.05, 3.63) is 0 Å².